The highest BCUT2D eigenvalue weighted by atomic mass is 16.2. The Morgan fingerprint density at radius 1 is 1.24 bits per heavy atom. The van der Waals surface area contributed by atoms with Gasteiger partial charge in [0.15, 0.2) is 0 Å². The van der Waals surface area contributed by atoms with E-state index in [2.05, 4.69) is 23.4 Å². The molecule has 2 rings (SSSR count). The van der Waals surface area contributed by atoms with Gasteiger partial charge < -0.3 is 4.90 Å². The van der Waals surface area contributed by atoms with Crippen LogP contribution in [0.1, 0.15) is 25.3 Å². The zero-order chi connectivity index (χ0) is 15.1. The minimum Gasteiger partial charge on any atom is -0.340 e. The van der Waals surface area contributed by atoms with E-state index in [1.165, 1.54) is 11.1 Å². The van der Waals surface area contributed by atoms with Crippen LogP contribution in [0.2, 0.25) is 0 Å². The number of amides is 1. The van der Waals surface area contributed by atoms with E-state index in [0.29, 0.717) is 12.3 Å². The zero-order valence-electron chi connectivity index (χ0n) is 12.9. The summed E-state index contributed by atoms with van der Waals surface area (Å²) >= 11 is 0. The highest BCUT2D eigenvalue weighted by molar-refractivity contribution is 5.76. The second-order valence-electron chi connectivity index (χ2n) is 5.82. The van der Waals surface area contributed by atoms with Gasteiger partial charge in [-0.2, -0.15) is 0 Å². The van der Waals surface area contributed by atoms with Crippen molar-refractivity contribution in [2.45, 2.75) is 26.2 Å². The van der Waals surface area contributed by atoms with Crippen molar-refractivity contribution in [3.63, 3.8) is 0 Å². The molecule has 0 bridgehead atoms. The standard InChI is InChI=1S/C17H25N3O/c1-15(2)14-19-10-12-20(13-11-19)17(21)5-3-4-16-6-8-18-9-7-16/h6-9H,1,3-5,10-14H2,2H3. The summed E-state index contributed by atoms with van der Waals surface area (Å²) in [6, 6.07) is 4.03. The van der Waals surface area contributed by atoms with Gasteiger partial charge in [0.1, 0.15) is 0 Å². The first-order chi connectivity index (χ1) is 10.1. The summed E-state index contributed by atoms with van der Waals surface area (Å²) in [6.45, 7) is 10.6. The fourth-order valence-electron chi connectivity index (χ4n) is 2.69. The molecule has 4 nitrogen and oxygen atoms in total. The molecule has 2 heterocycles. The Morgan fingerprint density at radius 3 is 2.52 bits per heavy atom. The van der Waals surface area contributed by atoms with Crippen LogP contribution in [0.4, 0.5) is 0 Å². The fraction of sp³-hybridized carbons (Fsp3) is 0.529. The van der Waals surface area contributed by atoms with E-state index in [1.54, 1.807) is 12.4 Å². The third kappa shape index (κ3) is 5.31. The van der Waals surface area contributed by atoms with Gasteiger partial charge >= 0.3 is 0 Å². The van der Waals surface area contributed by atoms with Crippen molar-refractivity contribution >= 4 is 5.91 Å². The van der Waals surface area contributed by atoms with Crippen LogP contribution >= 0.6 is 0 Å². The number of piperazine rings is 1. The first kappa shape index (κ1) is 15.7. The molecule has 1 aromatic heterocycles. The number of nitrogens with zero attached hydrogens (tertiary/aromatic N) is 3. The number of carbonyl (C=O) groups is 1. The number of aryl methyl sites for hydroxylation is 1. The summed E-state index contributed by atoms with van der Waals surface area (Å²) in [7, 11) is 0. The number of aromatic nitrogens is 1. The molecule has 0 saturated carbocycles. The van der Waals surface area contributed by atoms with Crippen molar-refractivity contribution in [2.75, 3.05) is 32.7 Å². The van der Waals surface area contributed by atoms with Crippen molar-refractivity contribution in [2.24, 2.45) is 0 Å². The lowest BCUT2D eigenvalue weighted by molar-refractivity contribution is -0.132. The normalized spacial score (nSPS) is 16.0. The number of hydrogen-bond donors (Lipinski definition) is 0. The minimum atomic E-state index is 0.291. The number of carbonyl (C=O) groups excluding carboxylic acids is 1. The monoisotopic (exact) mass is 287 g/mol. The van der Waals surface area contributed by atoms with E-state index < -0.39 is 0 Å². The van der Waals surface area contributed by atoms with Gasteiger partial charge in [0.25, 0.3) is 0 Å². The van der Waals surface area contributed by atoms with Gasteiger partial charge in [-0.1, -0.05) is 12.2 Å². The molecule has 1 aliphatic rings. The molecule has 114 valence electrons. The van der Waals surface area contributed by atoms with Gasteiger partial charge in [-0.3, -0.25) is 14.7 Å². The molecule has 1 fully saturated rings. The second kappa shape index (κ2) is 7.93. The van der Waals surface area contributed by atoms with Gasteiger partial charge in [-0.05, 0) is 37.5 Å². The van der Waals surface area contributed by atoms with Crippen molar-refractivity contribution in [1.82, 2.24) is 14.8 Å². The van der Waals surface area contributed by atoms with E-state index in [9.17, 15) is 4.79 Å². The first-order valence-electron chi connectivity index (χ1n) is 7.68. The van der Waals surface area contributed by atoms with Gasteiger partial charge in [0, 0.05) is 51.5 Å². The van der Waals surface area contributed by atoms with Crippen LogP contribution in [-0.2, 0) is 11.2 Å². The number of rotatable bonds is 6. The van der Waals surface area contributed by atoms with Crippen LogP contribution < -0.4 is 0 Å². The molecule has 0 atom stereocenters. The molecule has 0 aliphatic carbocycles. The fourth-order valence-corrected chi connectivity index (χ4v) is 2.69. The summed E-state index contributed by atoms with van der Waals surface area (Å²) in [5.41, 5.74) is 2.44. The minimum absolute atomic E-state index is 0.291. The zero-order valence-corrected chi connectivity index (χ0v) is 12.9. The largest absolute Gasteiger partial charge is 0.340 e. The lowest BCUT2D eigenvalue weighted by Crippen LogP contribution is -2.48. The predicted octanol–water partition coefficient (Wildman–Crippen LogP) is 2.12. The molecule has 1 amide bonds. The van der Waals surface area contributed by atoms with Crippen LogP contribution in [0, 0.1) is 0 Å². The average molecular weight is 287 g/mol. The predicted molar refractivity (Wildman–Crippen MR) is 85.0 cm³/mol. The lowest BCUT2D eigenvalue weighted by Gasteiger charge is -2.34. The summed E-state index contributed by atoms with van der Waals surface area (Å²) in [5, 5.41) is 0. The lowest BCUT2D eigenvalue weighted by atomic mass is 10.1. The maximum atomic E-state index is 12.2. The Hall–Kier alpha value is -1.68. The van der Waals surface area contributed by atoms with Crippen LogP contribution in [0.15, 0.2) is 36.7 Å². The molecule has 0 aromatic carbocycles. The van der Waals surface area contributed by atoms with Crippen molar-refractivity contribution in [3.8, 4) is 0 Å². The molecule has 1 aromatic rings. The molecule has 1 saturated heterocycles. The number of pyridine rings is 1. The molecular formula is C17H25N3O. The van der Waals surface area contributed by atoms with Crippen molar-refractivity contribution in [3.05, 3.63) is 42.2 Å². The maximum Gasteiger partial charge on any atom is 0.222 e. The molecule has 0 N–H and O–H groups in total. The van der Waals surface area contributed by atoms with Crippen LogP contribution in [0.3, 0.4) is 0 Å². The SMILES string of the molecule is C=C(C)CN1CCN(C(=O)CCCc2ccncc2)CC1. The van der Waals surface area contributed by atoms with E-state index >= 15 is 0 Å². The molecule has 1 aliphatic heterocycles. The topological polar surface area (TPSA) is 36.4 Å². The Labute approximate surface area is 127 Å². The van der Waals surface area contributed by atoms with Crippen molar-refractivity contribution in [1.29, 1.82) is 0 Å². The molecule has 0 spiro atoms. The van der Waals surface area contributed by atoms with Gasteiger partial charge in [0.2, 0.25) is 5.91 Å². The Morgan fingerprint density at radius 2 is 1.90 bits per heavy atom. The maximum absolute atomic E-state index is 12.2. The highest BCUT2D eigenvalue weighted by Gasteiger charge is 2.20. The summed E-state index contributed by atoms with van der Waals surface area (Å²) in [5.74, 6) is 0.291. The van der Waals surface area contributed by atoms with Crippen LogP contribution in [-0.4, -0.2) is 53.4 Å². The highest BCUT2D eigenvalue weighted by Crippen LogP contribution is 2.09. The smallest absolute Gasteiger partial charge is 0.222 e. The van der Waals surface area contributed by atoms with E-state index in [4.69, 9.17) is 0 Å². The molecule has 21 heavy (non-hydrogen) atoms. The van der Waals surface area contributed by atoms with Crippen LogP contribution in [0.5, 0.6) is 0 Å². The first-order valence-corrected chi connectivity index (χ1v) is 7.68. The number of hydrogen-bond acceptors (Lipinski definition) is 3. The Bertz CT molecular complexity index is 464. The molecule has 0 unspecified atom stereocenters. The van der Waals surface area contributed by atoms with Crippen molar-refractivity contribution < 1.29 is 4.79 Å². The Balaban J connectivity index is 1.67. The summed E-state index contributed by atoms with van der Waals surface area (Å²) in [4.78, 5) is 20.6. The van der Waals surface area contributed by atoms with Gasteiger partial charge in [0.05, 0.1) is 0 Å². The van der Waals surface area contributed by atoms with Gasteiger partial charge in [-0.15, -0.1) is 0 Å². The van der Waals surface area contributed by atoms with E-state index in [0.717, 1.165) is 45.6 Å². The summed E-state index contributed by atoms with van der Waals surface area (Å²) in [6.07, 6.45) is 6.11. The molecule has 0 radical (unpaired) electrons. The van der Waals surface area contributed by atoms with E-state index in [1.807, 2.05) is 17.0 Å². The average Bonchev–Trinajstić information content (AvgIpc) is 2.48. The van der Waals surface area contributed by atoms with E-state index in [-0.39, 0.29) is 0 Å². The third-order valence-electron chi connectivity index (χ3n) is 3.82. The van der Waals surface area contributed by atoms with Crippen LogP contribution in [0.25, 0.3) is 0 Å². The van der Waals surface area contributed by atoms with Gasteiger partial charge in [-0.25, -0.2) is 0 Å². The molecule has 4 heteroatoms. The summed E-state index contributed by atoms with van der Waals surface area (Å²) < 4.78 is 0. The second-order valence-corrected chi connectivity index (χ2v) is 5.82. The quantitative estimate of drug-likeness (QED) is 0.752. The molecular weight excluding hydrogens is 262 g/mol. The third-order valence-corrected chi connectivity index (χ3v) is 3.82. The Kier molecular flexibility index (Phi) is 5.93.